The molecule has 1 aromatic carbocycles. The lowest BCUT2D eigenvalue weighted by Gasteiger charge is -1.97. The predicted octanol–water partition coefficient (Wildman–Crippen LogP) is 4.11. The van der Waals surface area contributed by atoms with Crippen molar-refractivity contribution in [2.75, 3.05) is 0 Å². The number of aromatic nitrogens is 1. The Bertz CT molecular complexity index is 652. The van der Waals surface area contributed by atoms with E-state index in [0.29, 0.717) is 10.6 Å². The van der Waals surface area contributed by atoms with E-state index in [0.717, 1.165) is 15.1 Å². The molecule has 84 valence electrons. The number of aromatic amines is 1. The number of H-pyrrole nitrogens is 1. The highest BCUT2D eigenvalue weighted by Gasteiger charge is 2.12. The number of ketones is 1. The number of carbonyl (C=O) groups is 1. The first-order valence-corrected chi connectivity index (χ1v) is 6.31. The Morgan fingerprint density at radius 2 is 1.94 bits per heavy atom. The van der Waals surface area contributed by atoms with E-state index in [4.69, 9.17) is 11.6 Å². The van der Waals surface area contributed by atoms with Crippen molar-refractivity contribution >= 4 is 38.9 Å². The first-order chi connectivity index (χ1) is 8.24. The molecular weight excluding hydrogens is 254 g/mol. The molecular formula is C13H8ClNOS. The summed E-state index contributed by atoms with van der Waals surface area (Å²) >= 11 is 7.27. The standard InChI is InChI=1S/C13H8ClNOS/c14-10-3-1-8(2-4-10)12(16)11-7-9-5-6-15-13(9)17-11/h1-7,15H. The van der Waals surface area contributed by atoms with Gasteiger partial charge in [0, 0.05) is 22.2 Å². The minimum Gasteiger partial charge on any atom is -0.353 e. The molecule has 0 unspecified atom stereocenters. The highest BCUT2D eigenvalue weighted by Crippen LogP contribution is 2.26. The van der Waals surface area contributed by atoms with E-state index in [2.05, 4.69) is 4.98 Å². The van der Waals surface area contributed by atoms with Gasteiger partial charge in [-0.05, 0) is 36.4 Å². The molecule has 0 fully saturated rings. The number of nitrogens with one attached hydrogen (secondary N) is 1. The van der Waals surface area contributed by atoms with E-state index < -0.39 is 0 Å². The second-order valence-corrected chi connectivity index (χ2v) is 5.20. The van der Waals surface area contributed by atoms with E-state index in [1.54, 1.807) is 24.3 Å². The molecule has 4 heteroatoms. The van der Waals surface area contributed by atoms with Gasteiger partial charge in [-0.3, -0.25) is 4.79 Å². The number of thiophene rings is 1. The molecule has 0 aliphatic rings. The molecule has 0 saturated carbocycles. The highest BCUT2D eigenvalue weighted by molar-refractivity contribution is 7.20. The van der Waals surface area contributed by atoms with Gasteiger partial charge in [0.05, 0.1) is 4.88 Å². The number of hydrogen-bond acceptors (Lipinski definition) is 2. The number of rotatable bonds is 2. The fourth-order valence-electron chi connectivity index (χ4n) is 1.70. The third kappa shape index (κ3) is 1.88. The lowest BCUT2D eigenvalue weighted by molar-refractivity contribution is 0.104. The largest absolute Gasteiger partial charge is 0.353 e. The molecule has 0 radical (unpaired) electrons. The van der Waals surface area contributed by atoms with Gasteiger partial charge in [0.2, 0.25) is 5.78 Å². The van der Waals surface area contributed by atoms with Crippen LogP contribution in [0.15, 0.2) is 42.6 Å². The molecule has 3 rings (SSSR count). The summed E-state index contributed by atoms with van der Waals surface area (Å²) in [5, 5.41) is 1.71. The Morgan fingerprint density at radius 1 is 1.18 bits per heavy atom. The second-order valence-electron chi connectivity index (χ2n) is 3.71. The van der Waals surface area contributed by atoms with Crippen LogP contribution in [0.1, 0.15) is 15.2 Å². The van der Waals surface area contributed by atoms with Crippen molar-refractivity contribution in [2.24, 2.45) is 0 Å². The Morgan fingerprint density at radius 3 is 2.65 bits per heavy atom. The number of fused-ring (bicyclic) bond motifs is 1. The molecule has 0 bridgehead atoms. The van der Waals surface area contributed by atoms with Crippen LogP contribution in [0.25, 0.3) is 10.2 Å². The van der Waals surface area contributed by atoms with Crippen LogP contribution < -0.4 is 0 Å². The zero-order valence-electron chi connectivity index (χ0n) is 8.74. The molecule has 0 aliphatic heterocycles. The molecule has 0 saturated heterocycles. The minimum atomic E-state index is 0.0382. The van der Waals surface area contributed by atoms with Gasteiger partial charge in [-0.1, -0.05) is 11.6 Å². The van der Waals surface area contributed by atoms with Gasteiger partial charge in [0.1, 0.15) is 4.83 Å². The second kappa shape index (κ2) is 4.02. The molecule has 0 atom stereocenters. The van der Waals surface area contributed by atoms with Crippen LogP contribution in [0.2, 0.25) is 5.02 Å². The average molecular weight is 262 g/mol. The van der Waals surface area contributed by atoms with Crippen molar-refractivity contribution in [3.63, 3.8) is 0 Å². The van der Waals surface area contributed by atoms with Gasteiger partial charge in [0.25, 0.3) is 0 Å². The Hall–Kier alpha value is -1.58. The monoisotopic (exact) mass is 261 g/mol. The SMILES string of the molecule is O=C(c1ccc(Cl)cc1)c1cc2cc[nH]c2s1. The van der Waals surface area contributed by atoms with Crippen molar-refractivity contribution in [2.45, 2.75) is 0 Å². The topological polar surface area (TPSA) is 32.9 Å². The molecule has 2 nitrogen and oxygen atoms in total. The van der Waals surface area contributed by atoms with Crippen LogP contribution in [0.4, 0.5) is 0 Å². The lowest BCUT2D eigenvalue weighted by atomic mass is 10.1. The quantitative estimate of drug-likeness (QED) is 0.692. The van der Waals surface area contributed by atoms with Crippen molar-refractivity contribution in [3.8, 4) is 0 Å². The van der Waals surface area contributed by atoms with Crippen molar-refractivity contribution in [1.82, 2.24) is 4.98 Å². The first-order valence-electron chi connectivity index (χ1n) is 5.11. The zero-order chi connectivity index (χ0) is 11.8. The van der Waals surface area contributed by atoms with E-state index in [1.807, 2.05) is 18.3 Å². The maximum atomic E-state index is 12.2. The average Bonchev–Trinajstić information content (AvgIpc) is 2.89. The van der Waals surface area contributed by atoms with Gasteiger partial charge in [0.15, 0.2) is 0 Å². The Kier molecular flexibility index (Phi) is 2.50. The van der Waals surface area contributed by atoms with Gasteiger partial charge in [-0.2, -0.15) is 0 Å². The molecule has 2 aromatic heterocycles. The van der Waals surface area contributed by atoms with E-state index in [1.165, 1.54) is 11.3 Å². The number of hydrogen-bond donors (Lipinski definition) is 1. The summed E-state index contributed by atoms with van der Waals surface area (Å²) in [6.45, 7) is 0. The third-order valence-corrected chi connectivity index (χ3v) is 3.90. The van der Waals surface area contributed by atoms with Crippen molar-refractivity contribution in [1.29, 1.82) is 0 Å². The molecule has 0 amide bonds. The van der Waals surface area contributed by atoms with Crippen molar-refractivity contribution in [3.05, 3.63) is 58.1 Å². The number of halogens is 1. The summed E-state index contributed by atoms with van der Waals surface area (Å²) in [6, 6.07) is 10.8. The minimum absolute atomic E-state index is 0.0382. The molecule has 0 aliphatic carbocycles. The summed E-state index contributed by atoms with van der Waals surface area (Å²) in [6.07, 6.45) is 1.87. The lowest BCUT2D eigenvalue weighted by Crippen LogP contribution is -1.97. The fourth-order valence-corrected chi connectivity index (χ4v) is 2.82. The van der Waals surface area contributed by atoms with Crippen LogP contribution in [-0.4, -0.2) is 10.8 Å². The maximum absolute atomic E-state index is 12.2. The van der Waals surface area contributed by atoms with Gasteiger partial charge in [-0.25, -0.2) is 0 Å². The Labute approximate surface area is 107 Å². The summed E-state index contributed by atoms with van der Waals surface area (Å²) in [5.74, 6) is 0.0382. The Balaban J connectivity index is 2.01. The van der Waals surface area contributed by atoms with Crippen LogP contribution in [0.3, 0.4) is 0 Å². The van der Waals surface area contributed by atoms with E-state index in [-0.39, 0.29) is 5.78 Å². The predicted molar refractivity (Wildman–Crippen MR) is 71.1 cm³/mol. The third-order valence-electron chi connectivity index (χ3n) is 2.57. The first kappa shape index (κ1) is 10.6. The van der Waals surface area contributed by atoms with Gasteiger partial charge >= 0.3 is 0 Å². The fraction of sp³-hybridized carbons (Fsp3) is 0. The highest BCUT2D eigenvalue weighted by atomic mass is 35.5. The molecule has 17 heavy (non-hydrogen) atoms. The summed E-state index contributed by atoms with van der Waals surface area (Å²) in [4.78, 5) is 17.1. The normalized spacial score (nSPS) is 10.9. The smallest absolute Gasteiger partial charge is 0.203 e. The summed E-state index contributed by atoms with van der Waals surface area (Å²) in [5.41, 5.74) is 0.665. The molecule has 3 aromatic rings. The van der Waals surface area contributed by atoms with Gasteiger partial charge in [-0.15, -0.1) is 11.3 Å². The number of carbonyl (C=O) groups excluding carboxylic acids is 1. The molecule has 1 N–H and O–H groups in total. The zero-order valence-corrected chi connectivity index (χ0v) is 10.3. The van der Waals surface area contributed by atoms with E-state index in [9.17, 15) is 4.79 Å². The van der Waals surface area contributed by atoms with Crippen molar-refractivity contribution < 1.29 is 4.79 Å². The van der Waals surface area contributed by atoms with Crippen LogP contribution in [0, 0.1) is 0 Å². The van der Waals surface area contributed by atoms with Crippen LogP contribution in [-0.2, 0) is 0 Å². The summed E-state index contributed by atoms with van der Waals surface area (Å²) in [7, 11) is 0. The summed E-state index contributed by atoms with van der Waals surface area (Å²) < 4.78 is 0. The molecule has 0 spiro atoms. The maximum Gasteiger partial charge on any atom is 0.203 e. The van der Waals surface area contributed by atoms with E-state index >= 15 is 0 Å². The van der Waals surface area contributed by atoms with Crippen LogP contribution in [0.5, 0.6) is 0 Å². The van der Waals surface area contributed by atoms with Crippen LogP contribution >= 0.6 is 22.9 Å². The van der Waals surface area contributed by atoms with Gasteiger partial charge < -0.3 is 4.98 Å². The molecule has 2 heterocycles. The number of benzene rings is 1.